The third kappa shape index (κ3) is 4.96. The minimum Gasteiger partial charge on any atom is -0.375 e. The van der Waals surface area contributed by atoms with Gasteiger partial charge in [-0.2, -0.15) is 13.2 Å². The summed E-state index contributed by atoms with van der Waals surface area (Å²) in [5, 5.41) is 3.89. The van der Waals surface area contributed by atoms with Gasteiger partial charge < -0.3 is 15.0 Å². The average molecular weight is 582 g/mol. The molecule has 2 aliphatic heterocycles. The highest BCUT2D eigenvalue weighted by Gasteiger charge is 2.64. The number of nitrogens with one attached hydrogen (secondary N) is 1. The van der Waals surface area contributed by atoms with Crippen molar-refractivity contribution in [1.82, 2.24) is 15.2 Å². The van der Waals surface area contributed by atoms with Crippen LogP contribution < -0.4 is 5.32 Å². The van der Waals surface area contributed by atoms with Crippen molar-refractivity contribution in [3.63, 3.8) is 0 Å². The first-order valence-electron chi connectivity index (χ1n) is 16.0. The van der Waals surface area contributed by atoms with E-state index in [-0.39, 0.29) is 41.8 Å². The first-order chi connectivity index (χ1) is 20.2. The molecule has 2 saturated carbocycles. The molecule has 1 amide bonds. The molecule has 1 N–H and O–H groups in total. The van der Waals surface area contributed by atoms with Crippen molar-refractivity contribution in [2.75, 3.05) is 19.7 Å². The maximum atomic E-state index is 13.7. The molecule has 5 nitrogen and oxygen atoms in total. The number of rotatable bonds is 7. The lowest BCUT2D eigenvalue weighted by Gasteiger charge is -2.47. The maximum Gasteiger partial charge on any atom is 0.395 e. The standard InChI is InChI=1S/C34H42F3N3O2/c35-34(36,37)32(14-15-32)22-29(41)40-20-11-24-6-5-7-25-26(9-10-27(40)30(24)25)38-19-16-31(28-8-1-4-18-39-28)17-21-42-33(23-31)12-2-3-13-33/h1,4-8,18,26-27,38H,2-3,9-17,19-23H2/t26?,27?,31-/m1/s1. The second-order valence-electron chi connectivity index (χ2n) is 13.7. The molecule has 3 aliphatic carbocycles. The van der Waals surface area contributed by atoms with Gasteiger partial charge in [-0.25, -0.2) is 0 Å². The number of nitrogens with zero attached hydrogens (tertiary/aromatic N) is 2. The summed E-state index contributed by atoms with van der Waals surface area (Å²) in [6.45, 7) is 2.12. The second kappa shape index (κ2) is 10.6. The van der Waals surface area contributed by atoms with Crippen LogP contribution in [0.4, 0.5) is 13.2 Å². The van der Waals surface area contributed by atoms with Gasteiger partial charge in [-0.15, -0.1) is 0 Å². The van der Waals surface area contributed by atoms with Crippen LogP contribution in [0.3, 0.4) is 0 Å². The Morgan fingerprint density at radius 3 is 2.62 bits per heavy atom. The summed E-state index contributed by atoms with van der Waals surface area (Å²) in [6.07, 6.45) is 7.36. The molecule has 1 spiro atoms. The molecule has 3 heterocycles. The molecule has 3 atom stereocenters. The number of hydrogen-bond acceptors (Lipinski definition) is 4. The number of amides is 1. The van der Waals surface area contributed by atoms with E-state index >= 15 is 0 Å². The van der Waals surface area contributed by atoms with Crippen molar-refractivity contribution < 1.29 is 22.7 Å². The van der Waals surface area contributed by atoms with Crippen LogP contribution in [0.25, 0.3) is 0 Å². The minimum absolute atomic E-state index is 0.0203. The first-order valence-corrected chi connectivity index (χ1v) is 16.0. The van der Waals surface area contributed by atoms with Crippen molar-refractivity contribution in [1.29, 1.82) is 0 Å². The van der Waals surface area contributed by atoms with Gasteiger partial charge in [-0.05, 0) is 99.6 Å². The monoisotopic (exact) mass is 581 g/mol. The molecule has 1 aromatic heterocycles. The Kier molecular flexibility index (Phi) is 7.16. The Morgan fingerprint density at radius 1 is 1.05 bits per heavy atom. The zero-order valence-corrected chi connectivity index (χ0v) is 24.4. The average Bonchev–Trinajstić information content (AvgIpc) is 3.66. The fraction of sp³-hybridized carbons (Fsp3) is 0.647. The number of ether oxygens (including phenoxy) is 1. The van der Waals surface area contributed by atoms with E-state index in [0.717, 1.165) is 58.1 Å². The van der Waals surface area contributed by atoms with Crippen molar-refractivity contribution in [3.8, 4) is 0 Å². The fourth-order valence-electron chi connectivity index (χ4n) is 8.79. The van der Waals surface area contributed by atoms with E-state index in [4.69, 9.17) is 9.72 Å². The number of benzene rings is 1. The molecule has 0 bridgehead atoms. The highest BCUT2D eigenvalue weighted by atomic mass is 19.4. The fourth-order valence-corrected chi connectivity index (χ4v) is 8.79. The van der Waals surface area contributed by atoms with Crippen LogP contribution >= 0.6 is 0 Å². The molecule has 8 heteroatoms. The predicted octanol–water partition coefficient (Wildman–Crippen LogP) is 7.12. The molecule has 42 heavy (non-hydrogen) atoms. The van der Waals surface area contributed by atoms with Gasteiger partial charge in [0, 0.05) is 42.9 Å². The Hall–Kier alpha value is -2.45. The first kappa shape index (κ1) is 28.3. The number of halogens is 3. The van der Waals surface area contributed by atoms with E-state index in [1.165, 1.54) is 35.2 Å². The lowest BCUT2D eigenvalue weighted by atomic mass is 9.68. The van der Waals surface area contributed by atoms with Crippen molar-refractivity contribution in [2.24, 2.45) is 5.41 Å². The molecule has 226 valence electrons. The minimum atomic E-state index is -4.31. The van der Waals surface area contributed by atoms with Crippen LogP contribution in [-0.4, -0.2) is 47.3 Å². The smallest absolute Gasteiger partial charge is 0.375 e. The largest absolute Gasteiger partial charge is 0.395 e. The quantitative estimate of drug-likeness (QED) is 0.379. The zero-order valence-electron chi connectivity index (χ0n) is 24.4. The van der Waals surface area contributed by atoms with Gasteiger partial charge >= 0.3 is 6.18 Å². The van der Waals surface area contributed by atoms with E-state index in [1.807, 2.05) is 12.3 Å². The molecule has 1 saturated heterocycles. The SMILES string of the molecule is O=C(CC1(C(F)(F)F)CC1)N1CCc2cccc3c2C1CCC3NCC[C@@]1(c2ccccn2)CCOC2(CCCC2)C1. The molecule has 0 radical (unpaired) electrons. The van der Waals surface area contributed by atoms with Crippen LogP contribution in [-0.2, 0) is 21.4 Å². The van der Waals surface area contributed by atoms with Gasteiger partial charge in [0.25, 0.3) is 0 Å². The molecular weight excluding hydrogens is 539 g/mol. The van der Waals surface area contributed by atoms with Crippen molar-refractivity contribution in [2.45, 2.75) is 113 Å². The summed E-state index contributed by atoms with van der Waals surface area (Å²) in [6, 6.07) is 12.7. The van der Waals surface area contributed by atoms with Gasteiger partial charge in [-0.3, -0.25) is 9.78 Å². The van der Waals surface area contributed by atoms with Gasteiger partial charge in [0.2, 0.25) is 5.91 Å². The third-order valence-corrected chi connectivity index (χ3v) is 11.3. The number of carbonyl (C=O) groups is 1. The van der Waals surface area contributed by atoms with Gasteiger partial charge in [0.15, 0.2) is 0 Å². The van der Waals surface area contributed by atoms with Crippen LogP contribution in [0.2, 0.25) is 0 Å². The maximum absolute atomic E-state index is 13.7. The Labute approximate surface area is 246 Å². The van der Waals surface area contributed by atoms with Crippen molar-refractivity contribution >= 4 is 5.91 Å². The van der Waals surface area contributed by atoms with Gasteiger partial charge in [0.1, 0.15) is 0 Å². The van der Waals surface area contributed by atoms with E-state index in [9.17, 15) is 18.0 Å². The highest BCUT2D eigenvalue weighted by molar-refractivity contribution is 5.78. The normalized spacial score (nSPS) is 29.4. The number of alkyl halides is 3. The van der Waals surface area contributed by atoms with Gasteiger partial charge in [0.05, 0.1) is 17.1 Å². The van der Waals surface area contributed by atoms with Crippen molar-refractivity contribution in [3.05, 3.63) is 65.0 Å². The molecule has 2 unspecified atom stereocenters. The topological polar surface area (TPSA) is 54.5 Å². The lowest BCUT2D eigenvalue weighted by molar-refractivity contribution is -0.193. The van der Waals surface area contributed by atoms with Crippen LogP contribution in [0, 0.1) is 5.41 Å². The Morgan fingerprint density at radius 2 is 1.88 bits per heavy atom. The summed E-state index contributed by atoms with van der Waals surface area (Å²) in [7, 11) is 0. The predicted molar refractivity (Wildman–Crippen MR) is 154 cm³/mol. The van der Waals surface area contributed by atoms with Crippen LogP contribution in [0.1, 0.15) is 112 Å². The number of hydrogen-bond donors (Lipinski definition) is 1. The second-order valence-corrected chi connectivity index (χ2v) is 13.7. The highest BCUT2D eigenvalue weighted by Crippen LogP contribution is 2.60. The van der Waals surface area contributed by atoms with Crippen LogP contribution in [0.15, 0.2) is 42.6 Å². The lowest BCUT2D eigenvalue weighted by Crippen LogP contribution is -2.48. The van der Waals surface area contributed by atoms with Gasteiger partial charge in [-0.1, -0.05) is 37.1 Å². The number of carbonyl (C=O) groups excluding carboxylic acids is 1. The molecule has 7 rings (SSSR count). The third-order valence-electron chi connectivity index (χ3n) is 11.3. The molecule has 5 aliphatic rings. The van der Waals surface area contributed by atoms with E-state index in [0.29, 0.717) is 13.0 Å². The zero-order chi connectivity index (χ0) is 29.0. The van der Waals surface area contributed by atoms with E-state index in [1.54, 1.807) is 4.90 Å². The summed E-state index contributed by atoms with van der Waals surface area (Å²) in [5.74, 6) is -0.334. The molecular formula is C34H42F3N3O2. The number of aromatic nitrogens is 1. The van der Waals surface area contributed by atoms with E-state index < -0.39 is 18.0 Å². The van der Waals surface area contributed by atoms with E-state index in [2.05, 4.69) is 35.6 Å². The Bertz CT molecular complexity index is 1300. The molecule has 3 fully saturated rings. The Balaban J connectivity index is 1.08. The summed E-state index contributed by atoms with van der Waals surface area (Å²) in [4.78, 5) is 19.9. The summed E-state index contributed by atoms with van der Waals surface area (Å²) >= 11 is 0. The summed E-state index contributed by atoms with van der Waals surface area (Å²) in [5.41, 5.74) is 2.95. The molecule has 1 aromatic carbocycles. The summed E-state index contributed by atoms with van der Waals surface area (Å²) < 4.78 is 47.4. The molecule has 2 aromatic rings. The number of pyridine rings is 1. The van der Waals surface area contributed by atoms with Crippen LogP contribution in [0.5, 0.6) is 0 Å².